The molecule has 0 unspecified atom stereocenters. The Balaban J connectivity index is 2.11. The van der Waals surface area contributed by atoms with Gasteiger partial charge in [0, 0.05) is 29.6 Å². The van der Waals surface area contributed by atoms with E-state index in [1.165, 1.54) is 10.6 Å². The Morgan fingerprint density at radius 3 is 2.94 bits per heavy atom. The Morgan fingerprint density at radius 2 is 2.28 bits per heavy atom. The minimum absolute atomic E-state index is 0.149. The molecule has 0 aliphatic rings. The Morgan fingerprint density at radius 1 is 1.44 bits per heavy atom. The number of imidazole rings is 1. The molecule has 0 fully saturated rings. The van der Waals surface area contributed by atoms with Crippen LogP contribution in [-0.4, -0.2) is 16.1 Å². The molecular weight excluding hydrogens is 242 g/mol. The zero-order chi connectivity index (χ0) is 13.0. The van der Waals surface area contributed by atoms with Crippen molar-refractivity contribution in [1.82, 2.24) is 14.9 Å². The minimum atomic E-state index is 0.149. The first kappa shape index (κ1) is 13.3. The molecule has 0 amide bonds. The molecule has 0 saturated carbocycles. The lowest BCUT2D eigenvalue weighted by Crippen LogP contribution is -2.25. The lowest BCUT2D eigenvalue weighted by atomic mass is 9.91. The maximum atomic E-state index is 4.27. The number of rotatable bonds is 6. The molecule has 2 aromatic heterocycles. The zero-order valence-corrected chi connectivity index (χ0v) is 12.1. The van der Waals surface area contributed by atoms with Gasteiger partial charge < -0.3 is 9.88 Å². The number of aromatic nitrogens is 2. The minimum Gasteiger partial charge on any atom is -0.333 e. The first-order valence-corrected chi connectivity index (χ1v) is 7.25. The topological polar surface area (TPSA) is 29.9 Å². The van der Waals surface area contributed by atoms with Crippen LogP contribution in [0, 0.1) is 0 Å². The lowest BCUT2D eigenvalue weighted by molar-refractivity contribution is 0.431. The van der Waals surface area contributed by atoms with Crippen molar-refractivity contribution in [2.24, 2.45) is 0 Å². The number of hydrogen-bond acceptors (Lipinski definition) is 3. The normalized spacial score (nSPS) is 11.9. The molecule has 98 valence electrons. The summed E-state index contributed by atoms with van der Waals surface area (Å²) in [6.45, 7) is 9.53. The van der Waals surface area contributed by atoms with E-state index < -0.39 is 0 Å². The van der Waals surface area contributed by atoms with Gasteiger partial charge in [0.15, 0.2) is 0 Å². The molecule has 1 N–H and O–H groups in total. The van der Waals surface area contributed by atoms with Crippen molar-refractivity contribution < 1.29 is 0 Å². The van der Waals surface area contributed by atoms with E-state index in [-0.39, 0.29) is 5.41 Å². The van der Waals surface area contributed by atoms with Gasteiger partial charge in [0.05, 0.1) is 12.0 Å². The van der Waals surface area contributed by atoms with Crippen molar-refractivity contribution in [3.63, 3.8) is 0 Å². The van der Waals surface area contributed by atoms with Gasteiger partial charge in [0.25, 0.3) is 0 Å². The highest BCUT2D eigenvalue weighted by molar-refractivity contribution is 7.10. The van der Waals surface area contributed by atoms with Crippen molar-refractivity contribution in [3.8, 4) is 0 Å². The summed E-state index contributed by atoms with van der Waals surface area (Å²) in [5.41, 5.74) is 1.40. The first-order chi connectivity index (χ1) is 8.63. The van der Waals surface area contributed by atoms with Gasteiger partial charge in [-0.05, 0) is 18.0 Å². The van der Waals surface area contributed by atoms with Gasteiger partial charge in [-0.15, -0.1) is 11.3 Å². The smallest absolute Gasteiger partial charge is 0.0948 e. The first-order valence-electron chi connectivity index (χ1n) is 6.37. The van der Waals surface area contributed by atoms with Gasteiger partial charge >= 0.3 is 0 Å². The fourth-order valence-corrected chi connectivity index (χ4v) is 2.90. The average Bonchev–Trinajstić information content (AvgIpc) is 2.97. The van der Waals surface area contributed by atoms with Crippen LogP contribution in [0.1, 0.15) is 31.3 Å². The van der Waals surface area contributed by atoms with Crippen LogP contribution in [0.25, 0.3) is 0 Å². The molecule has 0 spiro atoms. The number of thiophene rings is 1. The van der Waals surface area contributed by atoms with Gasteiger partial charge in [-0.25, -0.2) is 4.98 Å². The van der Waals surface area contributed by atoms with Crippen LogP contribution in [0.15, 0.2) is 30.0 Å². The van der Waals surface area contributed by atoms with Gasteiger partial charge in [-0.2, -0.15) is 0 Å². The fourth-order valence-electron chi connectivity index (χ4n) is 2.06. The largest absolute Gasteiger partial charge is 0.333 e. The summed E-state index contributed by atoms with van der Waals surface area (Å²) >= 11 is 1.83. The molecule has 0 bridgehead atoms. The van der Waals surface area contributed by atoms with Crippen LogP contribution >= 0.6 is 11.3 Å². The molecule has 0 atom stereocenters. The maximum absolute atomic E-state index is 4.27. The summed E-state index contributed by atoms with van der Waals surface area (Å²) in [6, 6.07) is 4.33. The van der Waals surface area contributed by atoms with Crippen LogP contribution in [-0.2, 0) is 18.5 Å². The van der Waals surface area contributed by atoms with Crippen molar-refractivity contribution in [2.45, 2.75) is 39.3 Å². The molecule has 4 heteroatoms. The highest BCUT2D eigenvalue weighted by atomic mass is 32.1. The van der Waals surface area contributed by atoms with Gasteiger partial charge in [-0.3, -0.25) is 0 Å². The van der Waals surface area contributed by atoms with Crippen molar-refractivity contribution >= 4 is 11.3 Å². The lowest BCUT2D eigenvalue weighted by Gasteiger charge is -2.25. The van der Waals surface area contributed by atoms with Gasteiger partial charge in [-0.1, -0.05) is 26.8 Å². The van der Waals surface area contributed by atoms with E-state index in [4.69, 9.17) is 0 Å². The molecule has 0 aliphatic heterocycles. The van der Waals surface area contributed by atoms with Crippen LogP contribution in [0.5, 0.6) is 0 Å². The third-order valence-electron chi connectivity index (χ3n) is 3.11. The molecule has 0 radical (unpaired) electrons. The summed E-state index contributed by atoms with van der Waals surface area (Å²) in [6.07, 6.45) is 3.88. The van der Waals surface area contributed by atoms with E-state index in [9.17, 15) is 0 Å². The maximum Gasteiger partial charge on any atom is 0.0948 e. The molecule has 0 saturated heterocycles. The average molecular weight is 263 g/mol. The number of nitrogens with one attached hydrogen (secondary N) is 1. The molecule has 0 aromatic carbocycles. The molecule has 2 aromatic rings. The quantitative estimate of drug-likeness (QED) is 0.868. The molecule has 2 heterocycles. The molecule has 2 rings (SSSR count). The zero-order valence-electron chi connectivity index (χ0n) is 11.3. The molecule has 18 heavy (non-hydrogen) atoms. The molecule has 0 aliphatic carbocycles. The number of nitrogens with zero attached hydrogens (tertiary/aromatic N) is 2. The van der Waals surface area contributed by atoms with E-state index in [0.29, 0.717) is 0 Å². The Hall–Kier alpha value is -1.13. The highest BCUT2D eigenvalue weighted by Crippen LogP contribution is 2.29. The predicted octanol–water partition coefficient (Wildman–Crippen LogP) is 3.03. The Labute approximate surface area is 113 Å². The van der Waals surface area contributed by atoms with Crippen molar-refractivity contribution in [1.29, 1.82) is 0 Å². The second-order valence-electron chi connectivity index (χ2n) is 5.15. The standard InChI is InChI=1S/C14H21N3S/c1-4-15-8-12-9-16-11-17(12)10-14(2,3)13-6-5-7-18-13/h5-7,9,11,15H,4,8,10H2,1-3H3. The van der Waals surface area contributed by atoms with E-state index in [2.05, 4.69) is 53.2 Å². The van der Waals surface area contributed by atoms with Crippen LogP contribution in [0.2, 0.25) is 0 Å². The van der Waals surface area contributed by atoms with Gasteiger partial charge in [0.1, 0.15) is 0 Å². The van der Waals surface area contributed by atoms with E-state index >= 15 is 0 Å². The summed E-state index contributed by atoms with van der Waals surface area (Å²) in [5.74, 6) is 0. The summed E-state index contributed by atoms with van der Waals surface area (Å²) < 4.78 is 2.25. The van der Waals surface area contributed by atoms with Crippen molar-refractivity contribution in [3.05, 3.63) is 40.6 Å². The van der Waals surface area contributed by atoms with E-state index in [1.54, 1.807) is 0 Å². The van der Waals surface area contributed by atoms with Crippen LogP contribution < -0.4 is 5.32 Å². The summed E-state index contributed by atoms with van der Waals surface area (Å²) in [4.78, 5) is 5.69. The van der Waals surface area contributed by atoms with Crippen LogP contribution in [0.3, 0.4) is 0 Å². The summed E-state index contributed by atoms with van der Waals surface area (Å²) in [5, 5.41) is 5.50. The molecule has 3 nitrogen and oxygen atoms in total. The monoisotopic (exact) mass is 263 g/mol. The van der Waals surface area contributed by atoms with E-state index in [0.717, 1.165) is 19.6 Å². The second kappa shape index (κ2) is 5.67. The fraction of sp³-hybridized carbons (Fsp3) is 0.500. The predicted molar refractivity (Wildman–Crippen MR) is 77.0 cm³/mol. The van der Waals surface area contributed by atoms with Crippen molar-refractivity contribution in [2.75, 3.05) is 6.54 Å². The van der Waals surface area contributed by atoms with Crippen LogP contribution in [0.4, 0.5) is 0 Å². The van der Waals surface area contributed by atoms with E-state index in [1.807, 2.05) is 23.9 Å². The SMILES string of the molecule is CCNCc1cncn1CC(C)(C)c1cccs1. The molecular formula is C14H21N3S. The Kier molecular flexibility index (Phi) is 4.19. The second-order valence-corrected chi connectivity index (χ2v) is 6.10. The summed E-state index contributed by atoms with van der Waals surface area (Å²) in [7, 11) is 0. The Bertz CT molecular complexity index is 471. The van der Waals surface area contributed by atoms with Gasteiger partial charge in [0.2, 0.25) is 0 Å². The third kappa shape index (κ3) is 3.00. The number of hydrogen-bond donors (Lipinski definition) is 1. The third-order valence-corrected chi connectivity index (χ3v) is 4.34. The highest BCUT2D eigenvalue weighted by Gasteiger charge is 2.23.